The molecule has 0 bridgehead atoms. The third kappa shape index (κ3) is 56.4. The number of unbranched alkanes of at least 4 members (excludes halogenated alkanes) is 49. The molecular weight excluding hydrogens is 871 g/mol. The van der Waals surface area contributed by atoms with Gasteiger partial charge in [0.2, 0.25) is 5.91 Å². The van der Waals surface area contributed by atoms with Crippen molar-refractivity contribution in [1.82, 2.24) is 5.32 Å². The highest BCUT2D eigenvalue weighted by Gasteiger charge is 2.26. The van der Waals surface area contributed by atoms with Crippen LogP contribution in [0.1, 0.15) is 367 Å². The number of aliphatic hydroxyl groups excluding tert-OH is 3. The number of carbonyl (C=O) groups is 1. The molecule has 0 aliphatic heterocycles. The Morgan fingerprint density at radius 2 is 0.563 bits per heavy atom. The standard InChI is InChI=1S/C66H129NO4/c1-3-5-7-9-11-13-15-17-19-21-23-25-27-29-30-31-32-33-34-35-36-37-39-41-43-45-47-49-51-53-55-57-59-61-65(70)67-63(62-68)66(71)64(69)60-58-56-54-52-50-48-46-44-42-40-38-28-26-24-22-20-18-16-14-12-10-8-6-4-2/h29-30,52,54,63-64,66,68-69,71H,3-28,31-51,53,55-62H2,1-2H3,(H,67,70)/b30-29-,54-52+. The largest absolute Gasteiger partial charge is 0.394 e. The van der Waals surface area contributed by atoms with Crippen molar-refractivity contribution < 1.29 is 20.1 Å². The van der Waals surface area contributed by atoms with Gasteiger partial charge in [-0.2, -0.15) is 0 Å². The number of hydrogen-bond donors (Lipinski definition) is 4. The average molecular weight is 1000 g/mol. The lowest BCUT2D eigenvalue weighted by Crippen LogP contribution is -2.50. The van der Waals surface area contributed by atoms with Crippen molar-refractivity contribution in [3.8, 4) is 0 Å². The number of rotatable bonds is 61. The van der Waals surface area contributed by atoms with E-state index in [-0.39, 0.29) is 12.5 Å². The van der Waals surface area contributed by atoms with E-state index in [0.717, 1.165) is 38.5 Å². The molecule has 5 nitrogen and oxygen atoms in total. The first-order valence-electron chi connectivity index (χ1n) is 32.6. The van der Waals surface area contributed by atoms with Gasteiger partial charge >= 0.3 is 0 Å². The first kappa shape index (κ1) is 69.8. The summed E-state index contributed by atoms with van der Waals surface area (Å²) < 4.78 is 0. The van der Waals surface area contributed by atoms with Gasteiger partial charge in [0.1, 0.15) is 6.10 Å². The number of nitrogens with one attached hydrogen (secondary N) is 1. The summed E-state index contributed by atoms with van der Waals surface area (Å²) in [4.78, 5) is 12.6. The lowest BCUT2D eigenvalue weighted by molar-refractivity contribution is -0.124. The van der Waals surface area contributed by atoms with Crippen LogP contribution in [0.4, 0.5) is 0 Å². The van der Waals surface area contributed by atoms with E-state index in [1.165, 1.54) is 302 Å². The Bertz CT molecular complexity index is 1060. The fourth-order valence-corrected chi connectivity index (χ4v) is 10.5. The molecule has 0 aliphatic carbocycles. The summed E-state index contributed by atoms with van der Waals surface area (Å²) in [5, 5.41) is 33.9. The Labute approximate surface area is 445 Å². The molecule has 71 heavy (non-hydrogen) atoms. The van der Waals surface area contributed by atoms with Gasteiger partial charge in [0.25, 0.3) is 0 Å². The van der Waals surface area contributed by atoms with E-state index in [9.17, 15) is 20.1 Å². The Morgan fingerprint density at radius 3 is 0.817 bits per heavy atom. The molecular formula is C66H129NO4. The second-order valence-electron chi connectivity index (χ2n) is 22.7. The quantitative estimate of drug-likeness (QED) is 0.0361. The maximum absolute atomic E-state index is 12.6. The van der Waals surface area contributed by atoms with Gasteiger partial charge in [0.15, 0.2) is 0 Å². The summed E-state index contributed by atoms with van der Waals surface area (Å²) in [5.74, 6) is -0.147. The van der Waals surface area contributed by atoms with E-state index >= 15 is 0 Å². The number of amides is 1. The molecule has 0 saturated carbocycles. The van der Waals surface area contributed by atoms with Gasteiger partial charge in [0.05, 0.1) is 18.8 Å². The van der Waals surface area contributed by atoms with E-state index in [4.69, 9.17) is 0 Å². The van der Waals surface area contributed by atoms with Crippen LogP contribution >= 0.6 is 0 Å². The van der Waals surface area contributed by atoms with Crippen LogP contribution in [-0.2, 0) is 4.79 Å². The highest BCUT2D eigenvalue weighted by molar-refractivity contribution is 5.76. The highest BCUT2D eigenvalue weighted by Crippen LogP contribution is 2.19. The topological polar surface area (TPSA) is 89.8 Å². The molecule has 3 atom stereocenters. The maximum Gasteiger partial charge on any atom is 0.220 e. The van der Waals surface area contributed by atoms with Crippen LogP contribution in [0, 0.1) is 0 Å². The van der Waals surface area contributed by atoms with Crippen LogP contribution in [0.25, 0.3) is 0 Å². The van der Waals surface area contributed by atoms with Gasteiger partial charge in [-0.25, -0.2) is 0 Å². The van der Waals surface area contributed by atoms with Crippen molar-refractivity contribution in [2.24, 2.45) is 0 Å². The summed E-state index contributed by atoms with van der Waals surface area (Å²) in [6.45, 7) is 4.22. The first-order chi connectivity index (χ1) is 35.1. The fourth-order valence-electron chi connectivity index (χ4n) is 10.5. The fraction of sp³-hybridized carbons (Fsp3) is 0.924. The second kappa shape index (κ2) is 61.4. The molecule has 422 valence electrons. The molecule has 0 aromatic heterocycles. The van der Waals surface area contributed by atoms with E-state index in [2.05, 4.69) is 43.5 Å². The minimum absolute atomic E-state index is 0.147. The highest BCUT2D eigenvalue weighted by atomic mass is 16.3. The van der Waals surface area contributed by atoms with Crippen molar-refractivity contribution in [1.29, 1.82) is 0 Å². The molecule has 0 aromatic rings. The number of allylic oxidation sites excluding steroid dienone is 4. The van der Waals surface area contributed by atoms with Crippen molar-refractivity contribution in [3.63, 3.8) is 0 Å². The lowest BCUT2D eigenvalue weighted by atomic mass is 10.0. The van der Waals surface area contributed by atoms with E-state index in [1.807, 2.05) is 0 Å². The summed E-state index contributed by atoms with van der Waals surface area (Å²) >= 11 is 0. The van der Waals surface area contributed by atoms with Crippen molar-refractivity contribution in [3.05, 3.63) is 24.3 Å². The third-order valence-electron chi connectivity index (χ3n) is 15.5. The molecule has 4 N–H and O–H groups in total. The van der Waals surface area contributed by atoms with Crippen LogP contribution in [0.2, 0.25) is 0 Å². The number of aliphatic hydroxyl groups is 3. The Balaban J connectivity index is 3.49. The summed E-state index contributed by atoms with van der Waals surface area (Å²) in [6, 6.07) is -0.825. The van der Waals surface area contributed by atoms with Crippen molar-refractivity contribution in [2.45, 2.75) is 385 Å². The maximum atomic E-state index is 12.6. The predicted octanol–water partition coefficient (Wildman–Crippen LogP) is 20.8. The monoisotopic (exact) mass is 1000 g/mol. The van der Waals surface area contributed by atoms with Gasteiger partial charge < -0.3 is 20.6 Å². The molecule has 0 rings (SSSR count). The minimum atomic E-state index is -1.16. The molecule has 0 heterocycles. The van der Waals surface area contributed by atoms with Crippen LogP contribution in [0.3, 0.4) is 0 Å². The zero-order valence-electron chi connectivity index (χ0n) is 48.4. The first-order valence-corrected chi connectivity index (χ1v) is 32.6. The van der Waals surface area contributed by atoms with Gasteiger partial charge in [-0.1, -0.05) is 321 Å². The molecule has 0 radical (unpaired) electrons. The minimum Gasteiger partial charge on any atom is -0.394 e. The average Bonchev–Trinajstić information content (AvgIpc) is 3.37. The van der Waals surface area contributed by atoms with E-state index in [0.29, 0.717) is 12.8 Å². The molecule has 0 saturated heterocycles. The zero-order valence-corrected chi connectivity index (χ0v) is 48.4. The molecule has 0 aliphatic rings. The smallest absolute Gasteiger partial charge is 0.220 e. The second-order valence-corrected chi connectivity index (χ2v) is 22.7. The predicted molar refractivity (Wildman–Crippen MR) is 315 cm³/mol. The Hall–Kier alpha value is -1.17. The van der Waals surface area contributed by atoms with Gasteiger partial charge in [-0.15, -0.1) is 0 Å². The Kier molecular flexibility index (Phi) is 60.4. The van der Waals surface area contributed by atoms with Gasteiger partial charge in [-0.05, 0) is 64.2 Å². The van der Waals surface area contributed by atoms with Crippen LogP contribution in [0.15, 0.2) is 24.3 Å². The summed E-state index contributed by atoms with van der Waals surface area (Å²) in [7, 11) is 0. The SMILES string of the molecule is CCCCCCCCCCCCCC/C=C\CCCCCCCCCCCCCCCCCCCC(=O)NC(CO)C(O)C(O)CCC/C=C/CCCCCCCCCCCCCCCCCCCCC. The van der Waals surface area contributed by atoms with Crippen molar-refractivity contribution in [2.75, 3.05) is 6.61 Å². The molecule has 0 fully saturated rings. The molecule has 1 amide bonds. The van der Waals surface area contributed by atoms with Crippen molar-refractivity contribution >= 4 is 5.91 Å². The summed E-state index contributed by atoms with van der Waals surface area (Å²) in [5.41, 5.74) is 0. The normalized spacial score (nSPS) is 13.3. The number of hydrogen-bond acceptors (Lipinski definition) is 4. The third-order valence-corrected chi connectivity index (χ3v) is 15.5. The summed E-state index contributed by atoms with van der Waals surface area (Å²) in [6.07, 6.45) is 79.5. The lowest BCUT2D eigenvalue weighted by Gasteiger charge is -2.26. The van der Waals surface area contributed by atoms with Gasteiger partial charge in [-0.3, -0.25) is 4.79 Å². The van der Waals surface area contributed by atoms with Crippen LogP contribution in [0.5, 0.6) is 0 Å². The Morgan fingerprint density at radius 1 is 0.338 bits per heavy atom. The number of carbonyl (C=O) groups excluding carboxylic acids is 1. The van der Waals surface area contributed by atoms with Gasteiger partial charge in [0, 0.05) is 6.42 Å². The molecule has 3 unspecified atom stereocenters. The van der Waals surface area contributed by atoms with Crippen LogP contribution < -0.4 is 5.32 Å². The van der Waals surface area contributed by atoms with E-state index < -0.39 is 18.2 Å². The van der Waals surface area contributed by atoms with E-state index in [1.54, 1.807) is 0 Å². The molecule has 0 spiro atoms. The molecule has 5 heteroatoms. The molecule has 0 aromatic carbocycles. The zero-order chi connectivity index (χ0) is 51.4. The van der Waals surface area contributed by atoms with Crippen LogP contribution in [-0.4, -0.2) is 46.1 Å².